The van der Waals surface area contributed by atoms with Crippen molar-refractivity contribution < 1.29 is 4.79 Å². The maximum absolute atomic E-state index is 12.7. The summed E-state index contributed by atoms with van der Waals surface area (Å²) in [5.74, 6) is 0.642. The zero-order chi connectivity index (χ0) is 19.4. The Morgan fingerprint density at radius 2 is 2.15 bits per heavy atom. The molecule has 0 aromatic carbocycles. The standard InChI is InChI=1S/C20H32N6O/c1-5-26-12-6-7-16(20(26)17-13-22-24(3)15-17)14-23(2)19(27)9-8-18-10-11-21-25(18)4/h10-11,13,15-16,20H,5-9,12,14H2,1-4H3/t16-,20+/m0/s1. The van der Waals surface area contributed by atoms with Gasteiger partial charge in [0.05, 0.1) is 6.20 Å². The summed E-state index contributed by atoms with van der Waals surface area (Å²) in [6.45, 7) is 5.15. The third kappa shape index (κ3) is 4.58. The van der Waals surface area contributed by atoms with Gasteiger partial charge in [0.25, 0.3) is 0 Å². The second-order valence-electron chi connectivity index (χ2n) is 7.64. The Labute approximate surface area is 161 Å². The van der Waals surface area contributed by atoms with Gasteiger partial charge in [-0.25, -0.2) is 0 Å². The first-order valence-electron chi connectivity index (χ1n) is 9.93. The number of amides is 1. The molecule has 3 rings (SSSR count). The first-order valence-corrected chi connectivity index (χ1v) is 9.93. The molecule has 3 heterocycles. The van der Waals surface area contributed by atoms with Crippen LogP contribution in [0.15, 0.2) is 24.7 Å². The molecule has 0 radical (unpaired) electrons. The summed E-state index contributed by atoms with van der Waals surface area (Å²) in [6.07, 6.45) is 9.48. The normalized spacial score (nSPS) is 20.7. The predicted molar refractivity (Wildman–Crippen MR) is 105 cm³/mol. The second kappa shape index (κ2) is 8.69. The van der Waals surface area contributed by atoms with Gasteiger partial charge in [-0.15, -0.1) is 0 Å². The molecule has 0 N–H and O–H groups in total. The molecule has 0 bridgehead atoms. The molecule has 27 heavy (non-hydrogen) atoms. The zero-order valence-corrected chi connectivity index (χ0v) is 17.0. The quantitative estimate of drug-likeness (QED) is 0.746. The van der Waals surface area contributed by atoms with E-state index in [0.29, 0.717) is 18.4 Å². The number of likely N-dealkylation sites (tertiary alicyclic amines) is 1. The number of carbonyl (C=O) groups excluding carboxylic acids is 1. The van der Waals surface area contributed by atoms with Gasteiger partial charge in [0.15, 0.2) is 0 Å². The highest BCUT2D eigenvalue weighted by molar-refractivity contribution is 5.76. The van der Waals surface area contributed by atoms with Crippen molar-refractivity contribution in [3.05, 3.63) is 35.9 Å². The van der Waals surface area contributed by atoms with Crippen LogP contribution in [-0.2, 0) is 25.3 Å². The topological polar surface area (TPSA) is 59.2 Å². The molecule has 2 aromatic heterocycles. The van der Waals surface area contributed by atoms with Crippen LogP contribution in [0.3, 0.4) is 0 Å². The van der Waals surface area contributed by atoms with Gasteiger partial charge in [0.2, 0.25) is 5.91 Å². The molecule has 0 aliphatic carbocycles. The fourth-order valence-corrected chi connectivity index (χ4v) is 4.30. The fraction of sp³-hybridized carbons (Fsp3) is 0.650. The van der Waals surface area contributed by atoms with Gasteiger partial charge in [0.1, 0.15) is 0 Å². The van der Waals surface area contributed by atoms with Crippen molar-refractivity contribution in [3.8, 4) is 0 Å². The highest BCUT2D eigenvalue weighted by Crippen LogP contribution is 2.36. The van der Waals surface area contributed by atoms with Crippen LogP contribution >= 0.6 is 0 Å². The van der Waals surface area contributed by atoms with Crippen LogP contribution in [0.4, 0.5) is 0 Å². The van der Waals surface area contributed by atoms with E-state index >= 15 is 0 Å². The number of hydrogen-bond acceptors (Lipinski definition) is 4. The van der Waals surface area contributed by atoms with Gasteiger partial charge in [-0.3, -0.25) is 19.1 Å². The summed E-state index contributed by atoms with van der Waals surface area (Å²) in [5.41, 5.74) is 2.36. The number of nitrogens with zero attached hydrogens (tertiary/aromatic N) is 6. The number of hydrogen-bond donors (Lipinski definition) is 0. The van der Waals surface area contributed by atoms with Crippen molar-refractivity contribution in [2.75, 3.05) is 26.7 Å². The van der Waals surface area contributed by atoms with Crippen LogP contribution < -0.4 is 0 Å². The lowest BCUT2D eigenvalue weighted by molar-refractivity contribution is -0.131. The number of aryl methyl sites for hydroxylation is 3. The third-order valence-electron chi connectivity index (χ3n) is 5.78. The molecular weight excluding hydrogens is 340 g/mol. The minimum absolute atomic E-state index is 0.203. The largest absolute Gasteiger partial charge is 0.345 e. The van der Waals surface area contributed by atoms with Gasteiger partial charge in [0, 0.05) is 63.8 Å². The molecule has 1 aliphatic rings. The Morgan fingerprint density at radius 3 is 2.78 bits per heavy atom. The van der Waals surface area contributed by atoms with Crippen LogP contribution in [0.5, 0.6) is 0 Å². The maximum atomic E-state index is 12.7. The van der Waals surface area contributed by atoms with E-state index in [1.807, 2.05) is 47.7 Å². The lowest BCUT2D eigenvalue weighted by Gasteiger charge is -2.42. The predicted octanol–water partition coefficient (Wildman–Crippen LogP) is 2.02. The van der Waals surface area contributed by atoms with Crippen molar-refractivity contribution in [1.29, 1.82) is 0 Å². The van der Waals surface area contributed by atoms with Crippen molar-refractivity contribution >= 4 is 5.91 Å². The van der Waals surface area contributed by atoms with Gasteiger partial charge in [-0.2, -0.15) is 10.2 Å². The van der Waals surface area contributed by atoms with E-state index < -0.39 is 0 Å². The monoisotopic (exact) mass is 372 g/mol. The van der Waals surface area contributed by atoms with E-state index in [-0.39, 0.29) is 5.91 Å². The first kappa shape index (κ1) is 19.6. The molecule has 2 atom stereocenters. The van der Waals surface area contributed by atoms with Crippen LogP contribution in [0, 0.1) is 5.92 Å². The van der Waals surface area contributed by atoms with Crippen LogP contribution in [0.2, 0.25) is 0 Å². The summed E-state index contributed by atoms with van der Waals surface area (Å²) in [4.78, 5) is 17.1. The number of carbonyl (C=O) groups is 1. The Balaban J connectivity index is 1.64. The molecule has 0 saturated carbocycles. The van der Waals surface area contributed by atoms with Gasteiger partial charge >= 0.3 is 0 Å². The van der Waals surface area contributed by atoms with Crippen LogP contribution in [0.1, 0.15) is 43.5 Å². The summed E-state index contributed by atoms with van der Waals surface area (Å²) < 4.78 is 3.71. The van der Waals surface area contributed by atoms with Crippen molar-refractivity contribution in [1.82, 2.24) is 29.4 Å². The molecule has 0 unspecified atom stereocenters. The van der Waals surface area contributed by atoms with E-state index in [2.05, 4.69) is 28.2 Å². The summed E-state index contributed by atoms with van der Waals surface area (Å²) in [7, 11) is 5.83. The molecule has 0 spiro atoms. The molecule has 1 saturated heterocycles. The highest BCUT2D eigenvalue weighted by Gasteiger charge is 2.33. The minimum Gasteiger partial charge on any atom is -0.345 e. The minimum atomic E-state index is 0.203. The molecule has 7 nitrogen and oxygen atoms in total. The fourth-order valence-electron chi connectivity index (χ4n) is 4.30. The number of piperidine rings is 1. The van der Waals surface area contributed by atoms with E-state index in [0.717, 1.165) is 38.2 Å². The van der Waals surface area contributed by atoms with Gasteiger partial charge in [-0.1, -0.05) is 6.92 Å². The summed E-state index contributed by atoms with van der Waals surface area (Å²) >= 11 is 0. The molecule has 2 aromatic rings. The first-order chi connectivity index (χ1) is 13.0. The van der Waals surface area contributed by atoms with E-state index in [9.17, 15) is 4.79 Å². The molecule has 1 fully saturated rings. The highest BCUT2D eigenvalue weighted by atomic mass is 16.2. The number of rotatable bonds is 7. The lowest BCUT2D eigenvalue weighted by atomic mass is 9.85. The van der Waals surface area contributed by atoms with Gasteiger partial charge in [-0.05, 0) is 44.3 Å². The van der Waals surface area contributed by atoms with E-state index in [1.54, 1.807) is 6.20 Å². The number of aromatic nitrogens is 4. The van der Waals surface area contributed by atoms with Crippen molar-refractivity contribution in [3.63, 3.8) is 0 Å². The molecular formula is C20H32N6O. The SMILES string of the molecule is CCN1CCC[C@@H](CN(C)C(=O)CCc2ccnn2C)[C@@H]1c1cnn(C)c1. The van der Waals surface area contributed by atoms with Crippen molar-refractivity contribution in [2.24, 2.45) is 20.0 Å². The Hall–Kier alpha value is -2.15. The van der Waals surface area contributed by atoms with Crippen LogP contribution in [0.25, 0.3) is 0 Å². The molecule has 148 valence electrons. The van der Waals surface area contributed by atoms with Gasteiger partial charge < -0.3 is 4.90 Å². The zero-order valence-electron chi connectivity index (χ0n) is 17.0. The van der Waals surface area contributed by atoms with E-state index in [4.69, 9.17) is 0 Å². The average molecular weight is 373 g/mol. The summed E-state index contributed by atoms with van der Waals surface area (Å²) in [5, 5.41) is 8.55. The van der Waals surface area contributed by atoms with Crippen molar-refractivity contribution in [2.45, 2.75) is 38.6 Å². The maximum Gasteiger partial charge on any atom is 0.222 e. The molecule has 7 heteroatoms. The Bertz CT molecular complexity index is 751. The summed E-state index contributed by atoms with van der Waals surface area (Å²) in [6, 6.07) is 2.32. The second-order valence-corrected chi connectivity index (χ2v) is 7.64. The molecule has 1 amide bonds. The Morgan fingerprint density at radius 1 is 1.33 bits per heavy atom. The van der Waals surface area contributed by atoms with E-state index in [1.165, 1.54) is 12.0 Å². The lowest BCUT2D eigenvalue weighted by Crippen LogP contribution is -2.44. The molecule has 1 aliphatic heterocycles. The average Bonchev–Trinajstić information content (AvgIpc) is 3.27. The van der Waals surface area contributed by atoms with Crippen LogP contribution in [-0.4, -0.2) is 61.9 Å². The Kier molecular flexibility index (Phi) is 6.31. The smallest absolute Gasteiger partial charge is 0.222 e. The third-order valence-corrected chi connectivity index (χ3v) is 5.78.